The first-order chi connectivity index (χ1) is 7.27. The van der Waals surface area contributed by atoms with Crippen LogP contribution >= 0.6 is 22.6 Å². The quantitative estimate of drug-likeness (QED) is 0.801. The van der Waals surface area contributed by atoms with Gasteiger partial charge < -0.3 is 4.74 Å². The average Bonchev–Trinajstić information content (AvgIpc) is 2.84. The van der Waals surface area contributed by atoms with Crippen molar-refractivity contribution in [3.05, 3.63) is 15.0 Å². The van der Waals surface area contributed by atoms with Crippen molar-refractivity contribution in [2.75, 3.05) is 13.2 Å². The second-order valence-electron chi connectivity index (χ2n) is 3.88. The summed E-state index contributed by atoms with van der Waals surface area (Å²) in [5.41, 5.74) is 2.61. The smallest absolute Gasteiger partial charge is 0.0778 e. The van der Waals surface area contributed by atoms with Crippen molar-refractivity contribution in [3.8, 4) is 0 Å². The summed E-state index contributed by atoms with van der Waals surface area (Å²) in [7, 11) is 0. The van der Waals surface area contributed by atoms with E-state index in [-0.39, 0.29) is 0 Å². The summed E-state index contributed by atoms with van der Waals surface area (Å²) >= 11 is 2.42. The minimum absolute atomic E-state index is 0.466. The van der Waals surface area contributed by atoms with Crippen LogP contribution in [0.25, 0.3) is 0 Å². The molecule has 0 saturated carbocycles. The second kappa shape index (κ2) is 4.82. The molecule has 1 aliphatic rings. The Labute approximate surface area is 104 Å². The second-order valence-corrected chi connectivity index (χ2v) is 4.96. The maximum absolute atomic E-state index is 5.43. The third-order valence-corrected chi connectivity index (χ3v) is 4.18. The number of nitrogens with zero attached hydrogens (tertiary/aromatic N) is 2. The van der Waals surface area contributed by atoms with Gasteiger partial charge in [0.25, 0.3) is 0 Å². The van der Waals surface area contributed by atoms with Crippen molar-refractivity contribution in [1.82, 2.24) is 9.78 Å². The predicted molar refractivity (Wildman–Crippen MR) is 68.2 cm³/mol. The van der Waals surface area contributed by atoms with Crippen LogP contribution in [-0.2, 0) is 17.6 Å². The maximum atomic E-state index is 5.43. The Morgan fingerprint density at radius 3 is 2.80 bits per heavy atom. The SMILES string of the molecule is CCc1nn(C2CCOC2)c(CC)c1I. The minimum Gasteiger partial charge on any atom is -0.379 e. The van der Waals surface area contributed by atoms with Gasteiger partial charge in [-0.3, -0.25) is 4.68 Å². The first-order valence-corrected chi connectivity index (χ1v) is 6.69. The third-order valence-electron chi connectivity index (χ3n) is 2.93. The maximum Gasteiger partial charge on any atom is 0.0778 e. The van der Waals surface area contributed by atoms with Gasteiger partial charge in [-0.15, -0.1) is 0 Å². The van der Waals surface area contributed by atoms with E-state index in [0.29, 0.717) is 6.04 Å². The molecule has 1 fully saturated rings. The Balaban J connectivity index is 2.36. The highest BCUT2D eigenvalue weighted by atomic mass is 127. The number of aryl methyl sites for hydroxylation is 1. The molecule has 0 aliphatic carbocycles. The molecule has 1 atom stereocenters. The molecule has 1 aromatic rings. The normalized spacial score (nSPS) is 21.1. The van der Waals surface area contributed by atoms with Gasteiger partial charge in [0.05, 0.1) is 27.6 Å². The molecule has 0 amide bonds. The number of hydrogen-bond acceptors (Lipinski definition) is 2. The predicted octanol–water partition coefficient (Wildman–Crippen LogP) is 2.57. The highest BCUT2D eigenvalue weighted by molar-refractivity contribution is 14.1. The lowest BCUT2D eigenvalue weighted by atomic mass is 10.2. The summed E-state index contributed by atoms with van der Waals surface area (Å²) in [6.45, 7) is 6.07. The third kappa shape index (κ3) is 2.06. The van der Waals surface area contributed by atoms with Crippen LogP contribution in [0.3, 0.4) is 0 Å². The summed E-state index contributed by atoms with van der Waals surface area (Å²) in [5.74, 6) is 0. The van der Waals surface area contributed by atoms with E-state index in [1.54, 1.807) is 0 Å². The van der Waals surface area contributed by atoms with Crippen molar-refractivity contribution < 1.29 is 4.74 Å². The minimum atomic E-state index is 0.466. The van der Waals surface area contributed by atoms with Crippen molar-refractivity contribution in [1.29, 1.82) is 0 Å². The number of rotatable bonds is 3. The van der Waals surface area contributed by atoms with Crippen LogP contribution in [0.5, 0.6) is 0 Å². The van der Waals surface area contributed by atoms with Gasteiger partial charge in [0.2, 0.25) is 0 Å². The lowest BCUT2D eigenvalue weighted by Crippen LogP contribution is -2.13. The van der Waals surface area contributed by atoms with Crippen molar-refractivity contribution in [2.45, 2.75) is 39.2 Å². The van der Waals surface area contributed by atoms with Gasteiger partial charge in [-0.25, -0.2) is 0 Å². The van der Waals surface area contributed by atoms with E-state index < -0.39 is 0 Å². The van der Waals surface area contributed by atoms with Crippen LogP contribution in [0.2, 0.25) is 0 Å². The molecule has 0 aromatic carbocycles. The molecule has 0 N–H and O–H groups in total. The molecule has 0 spiro atoms. The van der Waals surface area contributed by atoms with E-state index in [2.05, 4.69) is 41.1 Å². The van der Waals surface area contributed by atoms with Crippen LogP contribution in [-0.4, -0.2) is 23.0 Å². The molecule has 1 unspecified atom stereocenters. The summed E-state index contributed by atoms with van der Waals surface area (Å²) in [5, 5.41) is 4.71. The first-order valence-electron chi connectivity index (χ1n) is 5.61. The summed E-state index contributed by atoms with van der Waals surface area (Å²) in [6, 6.07) is 0.466. The average molecular weight is 320 g/mol. The molecular formula is C11H17IN2O. The molecule has 2 heterocycles. The van der Waals surface area contributed by atoms with Crippen LogP contribution in [0.4, 0.5) is 0 Å². The Hall–Kier alpha value is -0.100. The van der Waals surface area contributed by atoms with Gasteiger partial charge in [-0.05, 0) is 41.9 Å². The highest BCUT2D eigenvalue weighted by Crippen LogP contribution is 2.25. The number of halogens is 1. The largest absolute Gasteiger partial charge is 0.379 e. The summed E-state index contributed by atoms with van der Waals surface area (Å²) < 4.78 is 8.98. The van der Waals surface area contributed by atoms with E-state index >= 15 is 0 Å². The van der Waals surface area contributed by atoms with E-state index in [9.17, 15) is 0 Å². The monoisotopic (exact) mass is 320 g/mol. The van der Waals surface area contributed by atoms with Crippen molar-refractivity contribution >= 4 is 22.6 Å². The van der Waals surface area contributed by atoms with Gasteiger partial charge in [0.15, 0.2) is 0 Å². The molecular weight excluding hydrogens is 303 g/mol. The highest BCUT2D eigenvalue weighted by Gasteiger charge is 2.23. The van der Waals surface area contributed by atoms with Crippen molar-refractivity contribution in [2.24, 2.45) is 0 Å². The van der Waals surface area contributed by atoms with E-state index in [0.717, 1.165) is 32.5 Å². The fourth-order valence-electron chi connectivity index (χ4n) is 2.06. The zero-order valence-electron chi connectivity index (χ0n) is 9.29. The van der Waals surface area contributed by atoms with Gasteiger partial charge in [-0.2, -0.15) is 5.10 Å². The van der Waals surface area contributed by atoms with Crippen LogP contribution in [0.1, 0.15) is 37.7 Å². The molecule has 1 aromatic heterocycles. The van der Waals surface area contributed by atoms with Crippen LogP contribution < -0.4 is 0 Å². The summed E-state index contributed by atoms with van der Waals surface area (Å²) in [4.78, 5) is 0. The molecule has 15 heavy (non-hydrogen) atoms. The van der Waals surface area contributed by atoms with E-state index in [1.807, 2.05) is 0 Å². The molecule has 1 saturated heterocycles. The summed E-state index contributed by atoms with van der Waals surface area (Å²) in [6.07, 6.45) is 3.18. The Morgan fingerprint density at radius 1 is 1.47 bits per heavy atom. The van der Waals surface area contributed by atoms with Gasteiger partial charge in [-0.1, -0.05) is 13.8 Å². The van der Waals surface area contributed by atoms with E-state index in [4.69, 9.17) is 9.84 Å². The number of hydrogen-bond donors (Lipinski definition) is 0. The van der Waals surface area contributed by atoms with E-state index in [1.165, 1.54) is 15.0 Å². The molecule has 2 rings (SSSR count). The molecule has 0 bridgehead atoms. The fourth-order valence-corrected chi connectivity index (χ4v) is 3.18. The Bertz CT molecular complexity index is 343. The Morgan fingerprint density at radius 2 is 2.27 bits per heavy atom. The van der Waals surface area contributed by atoms with Crippen LogP contribution in [0.15, 0.2) is 0 Å². The van der Waals surface area contributed by atoms with Crippen LogP contribution in [0, 0.1) is 3.57 Å². The van der Waals surface area contributed by atoms with Crippen molar-refractivity contribution in [3.63, 3.8) is 0 Å². The zero-order valence-corrected chi connectivity index (χ0v) is 11.5. The molecule has 1 aliphatic heterocycles. The topological polar surface area (TPSA) is 27.1 Å². The molecule has 84 valence electrons. The van der Waals surface area contributed by atoms with Gasteiger partial charge in [0, 0.05) is 6.61 Å². The Kier molecular flexibility index (Phi) is 3.66. The standard InChI is InChI=1S/C11H17IN2O/c1-3-9-11(12)10(4-2)14(13-9)8-5-6-15-7-8/h8H,3-7H2,1-2H3. The zero-order chi connectivity index (χ0) is 10.8. The fraction of sp³-hybridized carbons (Fsp3) is 0.727. The first kappa shape index (κ1) is 11.4. The number of aromatic nitrogens is 2. The lowest BCUT2D eigenvalue weighted by molar-refractivity contribution is 0.184. The van der Waals surface area contributed by atoms with Gasteiger partial charge >= 0.3 is 0 Å². The molecule has 3 nitrogen and oxygen atoms in total. The lowest BCUT2D eigenvalue weighted by Gasteiger charge is -2.11. The molecule has 4 heteroatoms. The molecule has 0 radical (unpaired) electrons. The van der Waals surface area contributed by atoms with Gasteiger partial charge in [0.1, 0.15) is 0 Å². The number of ether oxygens (including phenoxy) is 1.